The first-order valence-electron chi connectivity index (χ1n) is 9.77. The zero-order valence-corrected chi connectivity index (χ0v) is 16.8. The number of carbonyl (C=O) groups excluding carboxylic acids is 2. The number of anilines is 2. The first kappa shape index (κ1) is 20.9. The van der Waals surface area contributed by atoms with E-state index in [9.17, 15) is 14.0 Å². The number of halogens is 1. The maximum atomic E-state index is 13.0. The van der Waals surface area contributed by atoms with Crippen molar-refractivity contribution in [2.24, 2.45) is 0 Å². The lowest BCUT2D eigenvalue weighted by Crippen LogP contribution is -2.14. The van der Waals surface area contributed by atoms with Gasteiger partial charge in [-0.1, -0.05) is 11.2 Å². The largest absolute Gasteiger partial charge is 0.339 e. The van der Waals surface area contributed by atoms with Crippen molar-refractivity contribution in [3.05, 3.63) is 90.3 Å². The van der Waals surface area contributed by atoms with Gasteiger partial charge in [0.2, 0.25) is 17.6 Å². The Morgan fingerprint density at radius 2 is 1.75 bits per heavy atom. The topological polar surface area (TPSA) is 110 Å². The zero-order chi connectivity index (χ0) is 22.3. The van der Waals surface area contributed by atoms with Crippen LogP contribution in [-0.2, 0) is 11.2 Å². The fourth-order valence-corrected chi connectivity index (χ4v) is 2.89. The van der Waals surface area contributed by atoms with Crippen molar-refractivity contribution in [3.8, 4) is 11.4 Å². The van der Waals surface area contributed by atoms with E-state index in [2.05, 4.69) is 25.8 Å². The van der Waals surface area contributed by atoms with Crippen LogP contribution < -0.4 is 10.6 Å². The maximum Gasteiger partial charge on any atom is 0.257 e. The second kappa shape index (κ2) is 9.61. The van der Waals surface area contributed by atoms with Crippen LogP contribution in [0.1, 0.15) is 22.7 Å². The molecule has 0 aliphatic rings. The molecular weight excluding hydrogens is 413 g/mol. The maximum absolute atomic E-state index is 13.0. The van der Waals surface area contributed by atoms with Crippen LogP contribution in [0.15, 0.2) is 77.6 Å². The number of nitrogens with zero attached hydrogens (tertiary/aromatic N) is 3. The molecule has 0 radical (unpaired) electrons. The molecule has 0 saturated heterocycles. The van der Waals surface area contributed by atoms with Gasteiger partial charge in [-0.25, -0.2) is 4.39 Å². The second-order valence-corrected chi connectivity index (χ2v) is 6.84. The van der Waals surface area contributed by atoms with Crippen LogP contribution in [0.25, 0.3) is 11.4 Å². The van der Waals surface area contributed by atoms with E-state index in [0.717, 1.165) is 0 Å². The van der Waals surface area contributed by atoms with Crippen LogP contribution >= 0.6 is 0 Å². The van der Waals surface area contributed by atoms with Gasteiger partial charge in [-0.05, 0) is 54.6 Å². The molecule has 2 aromatic carbocycles. The number of hydrogen-bond acceptors (Lipinski definition) is 6. The van der Waals surface area contributed by atoms with Gasteiger partial charge < -0.3 is 15.2 Å². The first-order valence-corrected chi connectivity index (χ1v) is 9.77. The molecule has 0 fully saturated rings. The van der Waals surface area contributed by atoms with Crippen molar-refractivity contribution >= 4 is 23.2 Å². The van der Waals surface area contributed by atoms with Gasteiger partial charge in [0.1, 0.15) is 5.82 Å². The average molecular weight is 431 g/mol. The fraction of sp³-hybridized carbons (Fsp3) is 0.0870. The van der Waals surface area contributed by atoms with Gasteiger partial charge in [0.25, 0.3) is 5.91 Å². The first-order chi connectivity index (χ1) is 15.6. The SMILES string of the molecule is O=C(CCc1nc(-c2ccc(F)cc2)no1)Nc1cccc(NC(=O)c2cccnc2)c1. The molecule has 32 heavy (non-hydrogen) atoms. The van der Waals surface area contributed by atoms with Crippen molar-refractivity contribution in [1.82, 2.24) is 15.1 Å². The summed E-state index contributed by atoms with van der Waals surface area (Å²) in [5.74, 6) is -0.263. The van der Waals surface area contributed by atoms with Gasteiger partial charge in [0.15, 0.2) is 0 Å². The molecule has 0 aliphatic carbocycles. The molecule has 2 aromatic heterocycles. The Bertz CT molecular complexity index is 1230. The second-order valence-electron chi connectivity index (χ2n) is 6.84. The summed E-state index contributed by atoms with van der Waals surface area (Å²) >= 11 is 0. The van der Waals surface area contributed by atoms with Gasteiger partial charge in [-0.15, -0.1) is 0 Å². The molecule has 2 amide bonds. The van der Waals surface area contributed by atoms with Crippen LogP contribution in [0.2, 0.25) is 0 Å². The molecule has 2 heterocycles. The van der Waals surface area contributed by atoms with Gasteiger partial charge >= 0.3 is 0 Å². The van der Waals surface area contributed by atoms with E-state index in [-0.39, 0.29) is 30.5 Å². The van der Waals surface area contributed by atoms with E-state index in [4.69, 9.17) is 4.52 Å². The van der Waals surface area contributed by atoms with Crippen LogP contribution in [0.3, 0.4) is 0 Å². The van der Waals surface area contributed by atoms with E-state index in [1.165, 1.54) is 18.3 Å². The van der Waals surface area contributed by atoms with E-state index >= 15 is 0 Å². The molecule has 0 unspecified atom stereocenters. The van der Waals surface area contributed by atoms with E-state index < -0.39 is 0 Å². The Morgan fingerprint density at radius 1 is 0.969 bits per heavy atom. The molecule has 8 nitrogen and oxygen atoms in total. The summed E-state index contributed by atoms with van der Waals surface area (Å²) in [6.45, 7) is 0. The third-order valence-corrected chi connectivity index (χ3v) is 4.46. The molecule has 4 aromatic rings. The number of aryl methyl sites for hydroxylation is 1. The minimum atomic E-state index is -0.352. The predicted molar refractivity (Wildman–Crippen MR) is 115 cm³/mol. The normalized spacial score (nSPS) is 10.5. The number of hydrogen-bond donors (Lipinski definition) is 2. The monoisotopic (exact) mass is 431 g/mol. The van der Waals surface area contributed by atoms with E-state index in [1.54, 1.807) is 54.7 Å². The van der Waals surface area contributed by atoms with Crippen molar-refractivity contribution in [2.75, 3.05) is 10.6 Å². The van der Waals surface area contributed by atoms with Crippen LogP contribution in [0.5, 0.6) is 0 Å². The summed E-state index contributed by atoms with van der Waals surface area (Å²) in [5.41, 5.74) is 2.13. The van der Waals surface area contributed by atoms with Crippen LogP contribution in [0, 0.1) is 5.82 Å². The molecule has 160 valence electrons. The smallest absolute Gasteiger partial charge is 0.257 e. The predicted octanol–water partition coefficient (Wildman–Crippen LogP) is 4.09. The minimum Gasteiger partial charge on any atom is -0.339 e. The summed E-state index contributed by atoms with van der Waals surface area (Å²) in [6.07, 6.45) is 3.43. The van der Waals surface area contributed by atoms with Gasteiger partial charge in [-0.3, -0.25) is 14.6 Å². The molecule has 0 atom stereocenters. The van der Waals surface area contributed by atoms with Crippen molar-refractivity contribution < 1.29 is 18.5 Å². The number of rotatable bonds is 7. The lowest BCUT2D eigenvalue weighted by molar-refractivity contribution is -0.116. The van der Waals surface area contributed by atoms with Gasteiger partial charge in [0.05, 0.1) is 5.56 Å². The van der Waals surface area contributed by atoms with Crippen LogP contribution in [0.4, 0.5) is 15.8 Å². The molecule has 4 rings (SSSR count). The summed E-state index contributed by atoms with van der Waals surface area (Å²) in [6, 6.07) is 15.9. The minimum absolute atomic E-state index is 0.122. The van der Waals surface area contributed by atoms with Crippen LogP contribution in [-0.4, -0.2) is 26.9 Å². The Balaban J connectivity index is 1.31. The highest BCUT2D eigenvalue weighted by atomic mass is 19.1. The standard InChI is InChI=1S/C23H18FN5O3/c24-17-8-6-15(7-9-17)22-28-21(32-29-22)11-10-20(30)26-18-4-1-5-19(13-18)27-23(31)16-3-2-12-25-14-16/h1-9,12-14H,10-11H2,(H,26,30)(H,27,31). The zero-order valence-electron chi connectivity index (χ0n) is 16.8. The Hall–Kier alpha value is -4.40. The molecule has 0 spiro atoms. The fourth-order valence-electron chi connectivity index (χ4n) is 2.89. The molecule has 2 N–H and O–H groups in total. The van der Waals surface area contributed by atoms with Crippen molar-refractivity contribution in [1.29, 1.82) is 0 Å². The Morgan fingerprint density at radius 3 is 2.50 bits per heavy atom. The third kappa shape index (κ3) is 5.39. The van der Waals surface area contributed by atoms with Crippen molar-refractivity contribution in [2.45, 2.75) is 12.8 Å². The molecular formula is C23H18FN5O3. The quantitative estimate of drug-likeness (QED) is 0.456. The number of benzene rings is 2. The molecule has 0 bridgehead atoms. The number of pyridine rings is 1. The third-order valence-electron chi connectivity index (χ3n) is 4.46. The number of nitrogens with one attached hydrogen (secondary N) is 2. The summed E-state index contributed by atoms with van der Waals surface area (Å²) in [7, 11) is 0. The lowest BCUT2D eigenvalue weighted by atomic mass is 10.2. The molecule has 0 saturated carbocycles. The van der Waals surface area contributed by atoms with E-state index in [0.29, 0.717) is 34.2 Å². The summed E-state index contributed by atoms with van der Waals surface area (Å²) in [5, 5.41) is 9.40. The van der Waals surface area contributed by atoms with Crippen molar-refractivity contribution in [3.63, 3.8) is 0 Å². The average Bonchev–Trinajstić information content (AvgIpc) is 3.28. The van der Waals surface area contributed by atoms with E-state index in [1.807, 2.05) is 0 Å². The molecule has 9 heteroatoms. The molecule has 0 aliphatic heterocycles. The highest BCUT2D eigenvalue weighted by Gasteiger charge is 2.12. The Labute approximate surface area is 182 Å². The Kier molecular flexibility index (Phi) is 6.26. The highest BCUT2D eigenvalue weighted by Crippen LogP contribution is 2.18. The number of amides is 2. The summed E-state index contributed by atoms with van der Waals surface area (Å²) < 4.78 is 18.2. The van der Waals surface area contributed by atoms with Gasteiger partial charge in [0, 0.05) is 42.2 Å². The highest BCUT2D eigenvalue weighted by molar-refractivity contribution is 6.04. The number of carbonyl (C=O) groups is 2. The summed E-state index contributed by atoms with van der Waals surface area (Å²) in [4.78, 5) is 32.7. The lowest BCUT2D eigenvalue weighted by Gasteiger charge is -2.08. The van der Waals surface area contributed by atoms with Gasteiger partial charge in [-0.2, -0.15) is 4.98 Å². The number of aromatic nitrogens is 3.